The zero-order valence-electron chi connectivity index (χ0n) is 11.7. The molecule has 0 radical (unpaired) electrons. The lowest BCUT2D eigenvalue weighted by Gasteiger charge is -2.12. The third-order valence-corrected chi connectivity index (χ3v) is 3.57. The Balaban J connectivity index is 1.81. The highest BCUT2D eigenvalue weighted by Crippen LogP contribution is 2.22. The summed E-state index contributed by atoms with van der Waals surface area (Å²) in [6.45, 7) is 2.70. The lowest BCUT2D eigenvalue weighted by molar-refractivity contribution is 0.475. The van der Waals surface area contributed by atoms with Gasteiger partial charge in [0.15, 0.2) is 5.11 Å². The SMILES string of the molecule is Cc1ccc(NC(=S)NCCc2ccc(O)cc2)c(Cl)c1. The molecule has 0 amide bonds. The standard InChI is InChI=1S/C16H17ClN2OS/c1-11-2-7-15(14(17)10-11)19-16(21)18-9-8-12-3-5-13(20)6-4-12/h2-7,10,20H,8-9H2,1H3,(H2,18,19,21). The average molecular weight is 321 g/mol. The fraction of sp³-hybridized carbons (Fsp3) is 0.188. The second-order valence-electron chi connectivity index (χ2n) is 4.78. The zero-order chi connectivity index (χ0) is 15.2. The first-order chi connectivity index (χ1) is 10.0. The van der Waals surface area contributed by atoms with E-state index < -0.39 is 0 Å². The van der Waals surface area contributed by atoms with Crippen molar-refractivity contribution < 1.29 is 5.11 Å². The van der Waals surface area contributed by atoms with Crippen molar-refractivity contribution in [2.24, 2.45) is 0 Å². The molecule has 110 valence electrons. The highest BCUT2D eigenvalue weighted by atomic mass is 35.5. The first-order valence-electron chi connectivity index (χ1n) is 6.63. The van der Waals surface area contributed by atoms with Crippen LogP contribution in [0.2, 0.25) is 5.02 Å². The average Bonchev–Trinajstić information content (AvgIpc) is 2.44. The molecule has 0 unspecified atom stereocenters. The molecular weight excluding hydrogens is 304 g/mol. The Bertz CT molecular complexity index is 629. The van der Waals surface area contributed by atoms with E-state index in [2.05, 4.69) is 10.6 Å². The number of hydrogen-bond donors (Lipinski definition) is 3. The Morgan fingerprint density at radius 3 is 2.57 bits per heavy atom. The summed E-state index contributed by atoms with van der Waals surface area (Å²) < 4.78 is 0. The summed E-state index contributed by atoms with van der Waals surface area (Å²) in [7, 11) is 0. The predicted octanol–water partition coefficient (Wildman–Crippen LogP) is 3.88. The molecule has 0 saturated heterocycles. The summed E-state index contributed by atoms with van der Waals surface area (Å²) in [5.41, 5.74) is 3.04. The third kappa shape index (κ3) is 4.92. The number of halogens is 1. The molecule has 0 heterocycles. The highest BCUT2D eigenvalue weighted by Gasteiger charge is 2.02. The minimum absolute atomic E-state index is 0.276. The van der Waals surface area contributed by atoms with E-state index >= 15 is 0 Å². The molecule has 2 rings (SSSR count). The Labute approximate surface area is 135 Å². The van der Waals surface area contributed by atoms with Crippen molar-refractivity contribution in [3.8, 4) is 5.75 Å². The number of phenolic OH excluding ortho intramolecular Hbond substituents is 1. The van der Waals surface area contributed by atoms with E-state index in [1.54, 1.807) is 12.1 Å². The van der Waals surface area contributed by atoms with Gasteiger partial charge in [-0.05, 0) is 61.0 Å². The molecule has 0 aliphatic carbocycles. The van der Waals surface area contributed by atoms with Crippen molar-refractivity contribution in [1.29, 1.82) is 0 Å². The maximum Gasteiger partial charge on any atom is 0.170 e. The monoisotopic (exact) mass is 320 g/mol. The molecule has 2 aromatic carbocycles. The topological polar surface area (TPSA) is 44.3 Å². The van der Waals surface area contributed by atoms with Crippen LogP contribution in [-0.2, 0) is 6.42 Å². The Morgan fingerprint density at radius 2 is 1.90 bits per heavy atom. The number of rotatable bonds is 4. The van der Waals surface area contributed by atoms with Gasteiger partial charge in [-0.3, -0.25) is 0 Å². The lowest BCUT2D eigenvalue weighted by atomic mass is 10.1. The summed E-state index contributed by atoms with van der Waals surface area (Å²) in [6.07, 6.45) is 0.823. The van der Waals surface area contributed by atoms with Gasteiger partial charge >= 0.3 is 0 Å². The van der Waals surface area contributed by atoms with Crippen LogP contribution in [0.25, 0.3) is 0 Å². The number of benzene rings is 2. The molecule has 0 aliphatic rings. The molecule has 0 saturated carbocycles. The fourth-order valence-electron chi connectivity index (χ4n) is 1.87. The van der Waals surface area contributed by atoms with Crippen molar-refractivity contribution in [2.75, 3.05) is 11.9 Å². The number of hydrogen-bond acceptors (Lipinski definition) is 2. The molecule has 0 fully saturated rings. The van der Waals surface area contributed by atoms with Crippen LogP contribution in [0.5, 0.6) is 5.75 Å². The molecular formula is C16H17ClN2OS. The zero-order valence-corrected chi connectivity index (χ0v) is 13.3. The van der Waals surface area contributed by atoms with Gasteiger partial charge in [-0.2, -0.15) is 0 Å². The molecule has 0 aromatic heterocycles. The maximum atomic E-state index is 9.22. The molecule has 3 nitrogen and oxygen atoms in total. The van der Waals surface area contributed by atoms with Gasteiger partial charge in [-0.1, -0.05) is 29.8 Å². The quantitative estimate of drug-likeness (QED) is 0.748. The van der Waals surface area contributed by atoms with E-state index in [-0.39, 0.29) is 5.75 Å². The van der Waals surface area contributed by atoms with Crippen molar-refractivity contribution in [2.45, 2.75) is 13.3 Å². The number of aryl methyl sites for hydroxylation is 1. The first-order valence-corrected chi connectivity index (χ1v) is 7.42. The van der Waals surface area contributed by atoms with Crippen molar-refractivity contribution in [3.63, 3.8) is 0 Å². The Hall–Kier alpha value is -1.78. The third-order valence-electron chi connectivity index (χ3n) is 3.01. The van der Waals surface area contributed by atoms with Gasteiger partial charge in [0.2, 0.25) is 0 Å². The second-order valence-corrected chi connectivity index (χ2v) is 5.60. The molecule has 0 aliphatic heterocycles. The smallest absolute Gasteiger partial charge is 0.170 e. The second kappa shape index (κ2) is 7.29. The normalized spacial score (nSPS) is 10.2. The maximum absolute atomic E-state index is 9.22. The van der Waals surface area contributed by atoms with Crippen molar-refractivity contribution in [1.82, 2.24) is 5.32 Å². The minimum Gasteiger partial charge on any atom is -0.508 e. The molecule has 0 spiro atoms. The van der Waals surface area contributed by atoms with Gasteiger partial charge < -0.3 is 15.7 Å². The van der Waals surface area contributed by atoms with Gasteiger partial charge in [0.05, 0.1) is 10.7 Å². The van der Waals surface area contributed by atoms with Gasteiger partial charge in [0.25, 0.3) is 0 Å². The van der Waals surface area contributed by atoms with Crippen LogP contribution >= 0.6 is 23.8 Å². The van der Waals surface area contributed by atoms with Crippen LogP contribution in [-0.4, -0.2) is 16.8 Å². The van der Waals surface area contributed by atoms with Crippen LogP contribution in [0, 0.1) is 6.92 Å². The van der Waals surface area contributed by atoms with Crippen LogP contribution in [0.15, 0.2) is 42.5 Å². The number of aromatic hydroxyl groups is 1. The van der Waals surface area contributed by atoms with E-state index in [9.17, 15) is 5.11 Å². The van der Waals surface area contributed by atoms with Crippen molar-refractivity contribution >= 4 is 34.6 Å². The number of phenols is 1. The number of anilines is 1. The summed E-state index contributed by atoms with van der Waals surface area (Å²) in [5, 5.41) is 16.6. The highest BCUT2D eigenvalue weighted by molar-refractivity contribution is 7.80. The van der Waals surface area contributed by atoms with E-state index in [1.807, 2.05) is 37.3 Å². The molecule has 3 N–H and O–H groups in total. The van der Waals surface area contributed by atoms with Gasteiger partial charge in [-0.25, -0.2) is 0 Å². The van der Waals surface area contributed by atoms with Crippen molar-refractivity contribution in [3.05, 3.63) is 58.6 Å². The van der Waals surface area contributed by atoms with Gasteiger partial charge in [0, 0.05) is 6.54 Å². The van der Waals surface area contributed by atoms with Gasteiger partial charge in [0.1, 0.15) is 5.75 Å². The number of nitrogens with one attached hydrogen (secondary N) is 2. The molecule has 0 atom stereocenters. The Morgan fingerprint density at radius 1 is 1.19 bits per heavy atom. The predicted molar refractivity (Wildman–Crippen MR) is 92.2 cm³/mol. The molecule has 2 aromatic rings. The van der Waals surface area contributed by atoms with E-state index in [0.717, 1.165) is 23.2 Å². The summed E-state index contributed by atoms with van der Waals surface area (Å²) >= 11 is 11.4. The fourth-order valence-corrected chi connectivity index (χ4v) is 2.37. The van der Waals surface area contributed by atoms with Crippen LogP contribution < -0.4 is 10.6 Å². The van der Waals surface area contributed by atoms with E-state index in [4.69, 9.17) is 23.8 Å². The Kier molecular flexibility index (Phi) is 5.42. The summed E-state index contributed by atoms with van der Waals surface area (Å²) in [5.74, 6) is 0.276. The lowest BCUT2D eigenvalue weighted by Crippen LogP contribution is -2.30. The van der Waals surface area contributed by atoms with E-state index in [0.29, 0.717) is 16.7 Å². The first kappa shape index (κ1) is 15.6. The van der Waals surface area contributed by atoms with E-state index in [1.165, 1.54) is 0 Å². The summed E-state index contributed by atoms with van der Waals surface area (Å²) in [6, 6.07) is 12.9. The summed E-state index contributed by atoms with van der Waals surface area (Å²) in [4.78, 5) is 0. The molecule has 0 bridgehead atoms. The van der Waals surface area contributed by atoms with Crippen LogP contribution in [0.3, 0.4) is 0 Å². The van der Waals surface area contributed by atoms with Crippen LogP contribution in [0.4, 0.5) is 5.69 Å². The molecule has 21 heavy (non-hydrogen) atoms. The molecule has 5 heteroatoms. The van der Waals surface area contributed by atoms with Gasteiger partial charge in [-0.15, -0.1) is 0 Å². The van der Waals surface area contributed by atoms with Crippen LogP contribution in [0.1, 0.15) is 11.1 Å². The minimum atomic E-state index is 0.276. The number of thiocarbonyl (C=S) groups is 1. The largest absolute Gasteiger partial charge is 0.508 e.